The maximum atomic E-state index is 13.3. The molecule has 1 saturated heterocycles. The fourth-order valence-corrected chi connectivity index (χ4v) is 4.16. The number of aliphatic hydroxyl groups excluding tert-OH is 1. The number of carbonyl (C=O) groups excluding carboxylic acids is 2. The van der Waals surface area contributed by atoms with Crippen LogP contribution in [0.1, 0.15) is 24.1 Å². The number of hydrogen-bond donors (Lipinski definition) is 1. The first-order valence-corrected chi connectivity index (χ1v) is 11.1. The van der Waals surface area contributed by atoms with Gasteiger partial charge in [-0.15, -0.1) is 0 Å². The number of pyridine rings is 1. The lowest BCUT2D eigenvalue weighted by atomic mass is 9.96. The van der Waals surface area contributed by atoms with Gasteiger partial charge in [-0.1, -0.05) is 17.7 Å². The molecule has 1 atom stereocenters. The average molecular weight is 478 g/mol. The minimum Gasteiger partial charge on any atom is -0.507 e. The first kappa shape index (κ1) is 23.3. The molecule has 34 heavy (non-hydrogen) atoms. The smallest absolute Gasteiger partial charge is 0.300 e. The number of ketones is 1. The molecule has 8 heteroatoms. The summed E-state index contributed by atoms with van der Waals surface area (Å²) < 4.78 is 5.53. The van der Waals surface area contributed by atoms with Crippen molar-refractivity contribution in [2.45, 2.75) is 13.0 Å². The Morgan fingerprint density at radius 3 is 2.50 bits per heavy atom. The quantitative estimate of drug-likeness (QED) is 0.311. The highest BCUT2D eigenvalue weighted by molar-refractivity contribution is 6.52. The molecule has 2 heterocycles. The lowest BCUT2D eigenvalue weighted by molar-refractivity contribution is -0.132. The zero-order valence-electron chi connectivity index (χ0n) is 19.0. The van der Waals surface area contributed by atoms with E-state index < -0.39 is 17.7 Å². The van der Waals surface area contributed by atoms with E-state index in [2.05, 4.69) is 4.98 Å². The van der Waals surface area contributed by atoms with Crippen molar-refractivity contribution in [1.29, 1.82) is 0 Å². The Hall–Kier alpha value is -3.84. The third-order valence-corrected chi connectivity index (χ3v) is 5.92. The largest absolute Gasteiger partial charge is 0.507 e. The summed E-state index contributed by atoms with van der Waals surface area (Å²) in [4.78, 5) is 34.0. The van der Waals surface area contributed by atoms with E-state index in [1.54, 1.807) is 54.9 Å². The van der Waals surface area contributed by atoms with E-state index in [9.17, 15) is 14.7 Å². The van der Waals surface area contributed by atoms with Crippen LogP contribution in [0.15, 0.2) is 72.6 Å². The number of benzene rings is 2. The van der Waals surface area contributed by atoms with Crippen molar-refractivity contribution in [3.05, 3.63) is 88.7 Å². The van der Waals surface area contributed by atoms with E-state index in [0.29, 0.717) is 23.6 Å². The monoisotopic (exact) mass is 477 g/mol. The van der Waals surface area contributed by atoms with E-state index in [4.69, 9.17) is 16.3 Å². The first-order chi connectivity index (χ1) is 16.3. The topological polar surface area (TPSA) is 83.0 Å². The number of Topliss-reactive ketones (excluding diaryl/α,β-unsaturated/α-hetero) is 1. The summed E-state index contributed by atoms with van der Waals surface area (Å²) in [5.41, 5.74) is 2.19. The Morgan fingerprint density at radius 1 is 1.15 bits per heavy atom. The average Bonchev–Trinajstić information content (AvgIpc) is 3.11. The fraction of sp³-hybridized carbons (Fsp3) is 0.192. The van der Waals surface area contributed by atoms with Crippen molar-refractivity contribution < 1.29 is 19.4 Å². The van der Waals surface area contributed by atoms with E-state index in [1.165, 1.54) is 4.90 Å². The number of nitrogens with zero attached hydrogens (tertiary/aromatic N) is 3. The van der Waals surface area contributed by atoms with Crippen molar-refractivity contribution >= 4 is 40.4 Å². The molecule has 0 saturated carbocycles. The van der Waals surface area contributed by atoms with Crippen molar-refractivity contribution in [3.8, 4) is 5.75 Å². The van der Waals surface area contributed by atoms with Crippen molar-refractivity contribution in [2.24, 2.45) is 0 Å². The molecule has 1 unspecified atom stereocenters. The Bertz CT molecular complexity index is 1260. The number of anilines is 2. The summed E-state index contributed by atoms with van der Waals surface area (Å²) in [7, 11) is 3.83. The van der Waals surface area contributed by atoms with Crippen LogP contribution >= 0.6 is 11.6 Å². The van der Waals surface area contributed by atoms with Crippen LogP contribution < -0.4 is 14.5 Å². The van der Waals surface area contributed by atoms with Crippen LogP contribution in [0.2, 0.25) is 5.02 Å². The number of halogens is 1. The van der Waals surface area contributed by atoms with Gasteiger partial charge in [-0.2, -0.15) is 0 Å². The van der Waals surface area contributed by atoms with Crippen LogP contribution in [0.25, 0.3) is 5.76 Å². The molecular formula is C26H24ClN3O4. The molecule has 0 bridgehead atoms. The minimum absolute atomic E-state index is 0.0646. The number of hydrogen-bond acceptors (Lipinski definition) is 6. The Balaban J connectivity index is 1.91. The van der Waals surface area contributed by atoms with Crippen LogP contribution in [0.4, 0.5) is 11.4 Å². The minimum atomic E-state index is -0.884. The van der Waals surface area contributed by atoms with Crippen LogP contribution in [0.5, 0.6) is 5.75 Å². The molecule has 1 N–H and O–H groups in total. The van der Waals surface area contributed by atoms with Crippen LogP contribution in [0.3, 0.4) is 0 Å². The van der Waals surface area contributed by atoms with Gasteiger partial charge >= 0.3 is 0 Å². The van der Waals surface area contributed by atoms with E-state index in [0.717, 1.165) is 5.69 Å². The van der Waals surface area contributed by atoms with Crippen LogP contribution in [-0.2, 0) is 9.59 Å². The molecular weight excluding hydrogens is 454 g/mol. The van der Waals surface area contributed by atoms with Crippen LogP contribution in [-0.4, -0.2) is 42.5 Å². The Labute approximate surface area is 202 Å². The van der Waals surface area contributed by atoms with Gasteiger partial charge in [0.1, 0.15) is 11.5 Å². The summed E-state index contributed by atoms with van der Waals surface area (Å²) in [6.45, 7) is 2.26. The van der Waals surface area contributed by atoms with E-state index in [1.807, 2.05) is 38.1 Å². The van der Waals surface area contributed by atoms with Crippen molar-refractivity contribution in [3.63, 3.8) is 0 Å². The molecule has 7 nitrogen and oxygen atoms in total. The van der Waals surface area contributed by atoms with E-state index >= 15 is 0 Å². The first-order valence-electron chi connectivity index (χ1n) is 10.7. The van der Waals surface area contributed by atoms with Gasteiger partial charge in [-0.3, -0.25) is 19.5 Å². The standard InChI is InChI=1S/C26H24ClN3O4/c1-4-34-19-11-12-21(27)20(14-19)24(31)22-23(16-6-5-13-28-15-16)30(26(33)25(22)32)18-9-7-17(8-10-18)29(2)3/h5-15,23,31H,4H2,1-3H3/b24-22+. The number of amides is 1. The van der Waals surface area contributed by atoms with Gasteiger partial charge in [0.05, 0.1) is 23.2 Å². The summed E-state index contributed by atoms with van der Waals surface area (Å²) in [5.74, 6) is -1.43. The summed E-state index contributed by atoms with van der Waals surface area (Å²) in [6.07, 6.45) is 3.17. The summed E-state index contributed by atoms with van der Waals surface area (Å²) in [6, 6.07) is 14.7. The number of rotatable bonds is 6. The lowest BCUT2D eigenvalue weighted by Crippen LogP contribution is -2.29. The Morgan fingerprint density at radius 2 is 1.88 bits per heavy atom. The van der Waals surface area contributed by atoms with Gasteiger partial charge < -0.3 is 14.7 Å². The molecule has 2 aromatic carbocycles. The second kappa shape index (κ2) is 9.57. The predicted molar refractivity (Wildman–Crippen MR) is 132 cm³/mol. The normalized spacial score (nSPS) is 17.2. The third kappa shape index (κ3) is 4.22. The Kier molecular flexibility index (Phi) is 6.56. The zero-order chi connectivity index (χ0) is 24.4. The third-order valence-electron chi connectivity index (χ3n) is 5.59. The zero-order valence-corrected chi connectivity index (χ0v) is 19.8. The second-order valence-electron chi connectivity index (χ2n) is 7.94. The van der Waals surface area contributed by atoms with Gasteiger partial charge in [0.15, 0.2) is 0 Å². The number of aromatic nitrogens is 1. The molecule has 174 valence electrons. The molecule has 1 aromatic heterocycles. The molecule has 1 aliphatic heterocycles. The van der Waals surface area contributed by atoms with Crippen LogP contribution in [0, 0.1) is 0 Å². The van der Waals surface area contributed by atoms with Crippen molar-refractivity contribution in [2.75, 3.05) is 30.5 Å². The van der Waals surface area contributed by atoms with Gasteiger partial charge in [0, 0.05) is 43.4 Å². The summed E-state index contributed by atoms with van der Waals surface area (Å²) >= 11 is 6.37. The molecule has 3 aromatic rings. The van der Waals surface area contributed by atoms with Gasteiger partial charge in [-0.05, 0) is 61.0 Å². The van der Waals surface area contributed by atoms with Gasteiger partial charge in [0.25, 0.3) is 11.7 Å². The SMILES string of the molecule is CCOc1ccc(Cl)c(/C(O)=C2\C(=O)C(=O)N(c3ccc(N(C)C)cc3)C2c2cccnc2)c1. The molecule has 0 aliphatic carbocycles. The fourth-order valence-electron chi connectivity index (χ4n) is 3.95. The molecule has 4 rings (SSSR count). The lowest BCUT2D eigenvalue weighted by Gasteiger charge is -2.26. The molecule has 1 fully saturated rings. The highest BCUT2D eigenvalue weighted by atomic mass is 35.5. The van der Waals surface area contributed by atoms with Gasteiger partial charge in [0.2, 0.25) is 0 Å². The maximum absolute atomic E-state index is 13.3. The van der Waals surface area contributed by atoms with Crippen molar-refractivity contribution in [1.82, 2.24) is 4.98 Å². The molecule has 1 aliphatic rings. The highest BCUT2D eigenvalue weighted by Crippen LogP contribution is 2.43. The molecule has 0 spiro atoms. The maximum Gasteiger partial charge on any atom is 0.300 e. The predicted octanol–water partition coefficient (Wildman–Crippen LogP) is 4.83. The molecule has 1 amide bonds. The summed E-state index contributed by atoms with van der Waals surface area (Å²) in [5, 5.41) is 11.5. The number of carbonyl (C=O) groups is 2. The molecule has 0 radical (unpaired) electrons. The highest BCUT2D eigenvalue weighted by Gasteiger charge is 2.47. The second-order valence-corrected chi connectivity index (χ2v) is 8.35. The van der Waals surface area contributed by atoms with Gasteiger partial charge in [-0.25, -0.2) is 0 Å². The number of aliphatic hydroxyl groups is 1. The van der Waals surface area contributed by atoms with E-state index in [-0.39, 0.29) is 21.9 Å². The number of ether oxygens (including phenoxy) is 1.